The summed E-state index contributed by atoms with van der Waals surface area (Å²) in [7, 11) is 0. The monoisotopic (exact) mass is 224 g/mol. The van der Waals surface area contributed by atoms with Gasteiger partial charge in [0.05, 0.1) is 10.6 Å². The standard InChI is InChI=1S/C9H8N2OS2/c1-6-5-8(14-11-6)10-9(12)7-3-2-4-13-7/h2-5H,1H3,(H,10,12). The minimum atomic E-state index is -0.0661. The van der Waals surface area contributed by atoms with Crippen LogP contribution in [0, 0.1) is 6.92 Å². The second-order valence-electron chi connectivity index (χ2n) is 2.76. The van der Waals surface area contributed by atoms with Gasteiger partial charge >= 0.3 is 0 Å². The first-order chi connectivity index (χ1) is 6.75. The quantitative estimate of drug-likeness (QED) is 0.852. The number of nitrogens with zero attached hydrogens (tertiary/aromatic N) is 1. The molecule has 1 N–H and O–H groups in total. The molecule has 2 heterocycles. The van der Waals surface area contributed by atoms with Gasteiger partial charge in [0.2, 0.25) is 0 Å². The Morgan fingerprint density at radius 1 is 1.57 bits per heavy atom. The van der Waals surface area contributed by atoms with Crippen molar-refractivity contribution >= 4 is 33.8 Å². The molecule has 2 rings (SSSR count). The number of rotatable bonds is 2. The third kappa shape index (κ3) is 2.00. The Morgan fingerprint density at radius 3 is 3.00 bits per heavy atom. The van der Waals surface area contributed by atoms with E-state index in [0.29, 0.717) is 0 Å². The Balaban J connectivity index is 2.09. The molecular formula is C9H8N2OS2. The summed E-state index contributed by atoms with van der Waals surface area (Å²) < 4.78 is 4.08. The Kier molecular flexibility index (Phi) is 2.60. The lowest BCUT2D eigenvalue weighted by Crippen LogP contribution is -2.08. The smallest absolute Gasteiger partial charge is 0.266 e. The molecule has 0 fully saturated rings. The van der Waals surface area contributed by atoms with Crippen LogP contribution in [0.2, 0.25) is 0 Å². The summed E-state index contributed by atoms with van der Waals surface area (Å²) in [5.74, 6) is -0.0661. The maximum absolute atomic E-state index is 11.6. The SMILES string of the molecule is Cc1cc(NC(=O)c2cccs2)sn1. The third-order valence-electron chi connectivity index (χ3n) is 1.61. The number of carbonyl (C=O) groups is 1. The average molecular weight is 224 g/mol. The molecule has 5 heteroatoms. The maximum atomic E-state index is 11.6. The maximum Gasteiger partial charge on any atom is 0.266 e. The normalized spacial score (nSPS) is 10.1. The van der Waals surface area contributed by atoms with Gasteiger partial charge in [-0.3, -0.25) is 4.79 Å². The molecule has 72 valence electrons. The summed E-state index contributed by atoms with van der Waals surface area (Å²) in [6.45, 7) is 1.90. The second-order valence-corrected chi connectivity index (χ2v) is 4.52. The topological polar surface area (TPSA) is 42.0 Å². The summed E-state index contributed by atoms with van der Waals surface area (Å²) in [5, 5.41) is 5.47. The number of amides is 1. The van der Waals surface area contributed by atoms with Gasteiger partial charge in [0, 0.05) is 0 Å². The Bertz CT molecular complexity index is 433. The first kappa shape index (κ1) is 9.36. The molecule has 2 aromatic heterocycles. The molecule has 0 radical (unpaired) electrons. The van der Waals surface area contributed by atoms with Crippen molar-refractivity contribution in [2.75, 3.05) is 5.32 Å². The molecule has 14 heavy (non-hydrogen) atoms. The van der Waals surface area contributed by atoms with Crippen LogP contribution in [0.1, 0.15) is 15.4 Å². The van der Waals surface area contributed by atoms with Crippen LogP contribution in [0.4, 0.5) is 5.00 Å². The highest BCUT2D eigenvalue weighted by Crippen LogP contribution is 2.17. The fourth-order valence-corrected chi connectivity index (χ4v) is 2.28. The zero-order chi connectivity index (χ0) is 9.97. The van der Waals surface area contributed by atoms with Crippen LogP contribution in [-0.2, 0) is 0 Å². The van der Waals surface area contributed by atoms with E-state index in [0.717, 1.165) is 15.6 Å². The highest BCUT2D eigenvalue weighted by atomic mass is 32.1. The van der Waals surface area contributed by atoms with E-state index in [4.69, 9.17) is 0 Å². The van der Waals surface area contributed by atoms with E-state index in [1.54, 1.807) is 6.07 Å². The molecule has 0 spiro atoms. The van der Waals surface area contributed by atoms with Crippen molar-refractivity contribution < 1.29 is 4.79 Å². The predicted octanol–water partition coefficient (Wildman–Crippen LogP) is 2.77. The molecule has 2 aromatic rings. The van der Waals surface area contributed by atoms with E-state index in [1.165, 1.54) is 22.9 Å². The number of aryl methyl sites for hydroxylation is 1. The molecule has 0 unspecified atom stereocenters. The highest BCUT2D eigenvalue weighted by Gasteiger charge is 2.07. The third-order valence-corrected chi connectivity index (χ3v) is 3.27. The molecule has 0 saturated carbocycles. The zero-order valence-electron chi connectivity index (χ0n) is 7.48. The van der Waals surface area contributed by atoms with Crippen LogP contribution in [0.5, 0.6) is 0 Å². The predicted molar refractivity (Wildman–Crippen MR) is 59.1 cm³/mol. The first-order valence-corrected chi connectivity index (χ1v) is 5.69. The molecule has 0 aliphatic carbocycles. The van der Waals surface area contributed by atoms with E-state index < -0.39 is 0 Å². The lowest BCUT2D eigenvalue weighted by Gasteiger charge is -1.97. The van der Waals surface area contributed by atoms with Crippen LogP contribution in [0.15, 0.2) is 23.6 Å². The van der Waals surface area contributed by atoms with Gasteiger partial charge in [0.1, 0.15) is 5.00 Å². The van der Waals surface area contributed by atoms with Crippen molar-refractivity contribution in [1.29, 1.82) is 0 Å². The average Bonchev–Trinajstić information content (AvgIpc) is 2.75. The van der Waals surface area contributed by atoms with Gasteiger partial charge in [-0.25, -0.2) is 0 Å². The van der Waals surface area contributed by atoms with E-state index in [1.807, 2.05) is 24.4 Å². The van der Waals surface area contributed by atoms with Crippen LogP contribution in [-0.4, -0.2) is 10.3 Å². The summed E-state index contributed by atoms with van der Waals surface area (Å²) in [6, 6.07) is 5.52. The number of aromatic nitrogens is 1. The van der Waals surface area contributed by atoms with Crippen LogP contribution >= 0.6 is 22.9 Å². The molecule has 3 nitrogen and oxygen atoms in total. The molecule has 0 atom stereocenters. The minimum Gasteiger partial charge on any atom is -0.312 e. The van der Waals surface area contributed by atoms with Crippen LogP contribution in [0.3, 0.4) is 0 Å². The number of anilines is 1. The van der Waals surface area contributed by atoms with Crippen molar-refractivity contribution in [3.05, 3.63) is 34.2 Å². The van der Waals surface area contributed by atoms with Gasteiger partial charge in [0.25, 0.3) is 5.91 Å². The van der Waals surface area contributed by atoms with Crippen molar-refractivity contribution in [3.8, 4) is 0 Å². The molecule has 0 aliphatic heterocycles. The van der Waals surface area contributed by atoms with Crippen molar-refractivity contribution in [2.45, 2.75) is 6.92 Å². The fourth-order valence-electron chi connectivity index (χ4n) is 1.00. The van der Waals surface area contributed by atoms with Crippen molar-refractivity contribution in [3.63, 3.8) is 0 Å². The molecular weight excluding hydrogens is 216 g/mol. The van der Waals surface area contributed by atoms with E-state index >= 15 is 0 Å². The largest absolute Gasteiger partial charge is 0.312 e. The summed E-state index contributed by atoms with van der Waals surface area (Å²) in [4.78, 5) is 12.3. The number of hydrogen-bond acceptors (Lipinski definition) is 4. The lowest BCUT2D eigenvalue weighted by atomic mass is 10.4. The van der Waals surface area contributed by atoms with Gasteiger partial charge in [-0.15, -0.1) is 11.3 Å². The number of nitrogens with one attached hydrogen (secondary N) is 1. The molecule has 0 aromatic carbocycles. The number of hydrogen-bond donors (Lipinski definition) is 1. The molecule has 0 bridgehead atoms. The van der Waals surface area contributed by atoms with Gasteiger partial charge in [0.15, 0.2) is 0 Å². The Morgan fingerprint density at radius 2 is 2.43 bits per heavy atom. The highest BCUT2D eigenvalue weighted by molar-refractivity contribution is 7.12. The van der Waals surface area contributed by atoms with Crippen LogP contribution in [0.25, 0.3) is 0 Å². The molecule has 0 aliphatic rings. The van der Waals surface area contributed by atoms with Gasteiger partial charge in [-0.1, -0.05) is 6.07 Å². The van der Waals surface area contributed by atoms with Gasteiger partial charge in [-0.05, 0) is 36.0 Å². The zero-order valence-corrected chi connectivity index (χ0v) is 9.11. The lowest BCUT2D eigenvalue weighted by molar-refractivity contribution is 0.103. The van der Waals surface area contributed by atoms with E-state index in [2.05, 4.69) is 9.69 Å². The first-order valence-electron chi connectivity index (χ1n) is 4.04. The van der Waals surface area contributed by atoms with Crippen molar-refractivity contribution in [1.82, 2.24) is 4.37 Å². The second kappa shape index (κ2) is 3.89. The van der Waals surface area contributed by atoms with Gasteiger partial charge in [-0.2, -0.15) is 4.37 Å². The molecule has 1 amide bonds. The van der Waals surface area contributed by atoms with Crippen LogP contribution < -0.4 is 5.32 Å². The van der Waals surface area contributed by atoms with E-state index in [-0.39, 0.29) is 5.91 Å². The number of thiophene rings is 1. The minimum absolute atomic E-state index is 0.0661. The fraction of sp³-hybridized carbons (Fsp3) is 0.111. The number of carbonyl (C=O) groups excluding carboxylic acids is 1. The summed E-state index contributed by atoms with van der Waals surface area (Å²) >= 11 is 2.73. The summed E-state index contributed by atoms with van der Waals surface area (Å²) in [5.41, 5.74) is 0.927. The molecule has 0 saturated heterocycles. The Hall–Kier alpha value is -1.20. The van der Waals surface area contributed by atoms with Gasteiger partial charge < -0.3 is 5.32 Å². The van der Waals surface area contributed by atoms with E-state index in [9.17, 15) is 4.79 Å². The van der Waals surface area contributed by atoms with Crippen molar-refractivity contribution in [2.24, 2.45) is 0 Å². The Labute approximate surface area is 89.6 Å². The summed E-state index contributed by atoms with van der Waals surface area (Å²) in [6.07, 6.45) is 0.